The summed E-state index contributed by atoms with van der Waals surface area (Å²) in [4.78, 5) is 61.1. The molecule has 4 aromatic carbocycles. The van der Waals surface area contributed by atoms with Crippen molar-refractivity contribution in [2.45, 2.75) is 63.5 Å². The van der Waals surface area contributed by atoms with Gasteiger partial charge in [-0.15, -0.1) is 11.3 Å². The van der Waals surface area contributed by atoms with Gasteiger partial charge in [0.25, 0.3) is 5.91 Å². The molecule has 0 aliphatic carbocycles. The van der Waals surface area contributed by atoms with Gasteiger partial charge in [-0.3, -0.25) is 29.1 Å². The maximum atomic E-state index is 13.7. The SMILES string of the molecule is CC1(C)C(=O)N(c2ccc(C#N)c(C(F)(F)F)c2)C(=S)N1c1ccc(-c2ccc(OCCCCOCC(=O)NCC(=O)N3C[C@H](O)C[C@H]3C(=O)NCc3ccc(-c4cncs4)cc3)cc2)cc1. The highest BCUT2D eigenvalue weighted by Gasteiger charge is 2.51. The number of nitrogens with zero attached hydrogens (tertiary/aromatic N) is 5. The first-order valence-corrected chi connectivity index (χ1v) is 22.5. The van der Waals surface area contributed by atoms with E-state index in [2.05, 4.69) is 15.6 Å². The van der Waals surface area contributed by atoms with Crippen LogP contribution in [-0.4, -0.2) is 94.3 Å². The molecule has 3 heterocycles. The van der Waals surface area contributed by atoms with Crippen LogP contribution in [0.2, 0.25) is 0 Å². The second kappa shape index (κ2) is 20.8. The van der Waals surface area contributed by atoms with Gasteiger partial charge in [-0.2, -0.15) is 18.4 Å². The Hall–Kier alpha value is -6.72. The summed E-state index contributed by atoms with van der Waals surface area (Å²) in [5.74, 6) is -1.23. The molecule has 0 spiro atoms. The Kier molecular flexibility index (Phi) is 15.0. The van der Waals surface area contributed by atoms with Gasteiger partial charge in [-0.1, -0.05) is 48.5 Å². The number of carbonyl (C=O) groups excluding carboxylic acids is 4. The third kappa shape index (κ3) is 11.3. The molecule has 14 nitrogen and oxygen atoms in total. The van der Waals surface area contributed by atoms with Crippen LogP contribution in [0.3, 0.4) is 0 Å². The standard InChI is InChI=1S/C48H46F3N7O7S2/c1-47(2)45(63)57(36-16-11-34(23-52)39(21-36)48(49,50)51)46(66)58(47)35-14-9-31(10-15-35)32-12-17-38(18-13-32)65-20-4-3-19-64-28-42(60)54-26-43(61)56-27-37(59)22-40(56)44(62)55-24-30-5-7-33(8-6-30)41-25-53-29-67-41/h5-18,21,25,29,37,40,59H,3-4,19-20,22,24,26-28H2,1-2H3,(H,54,60)(H,55,62)/t37-,40+/m1/s1. The lowest BCUT2D eigenvalue weighted by Crippen LogP contribution is -2.49. The predicted octanol–water partition coefficient (Wildman–Crippen LogP) is 6.85. The molecule has 2 aliphatic rings. The van der Waals surface area contributed by atoms with Gasteiger partial charge in [0.15, 0.2) is 5.11 Å². The van der Waals surface area contributed by atoms with Gasteiger partial charge in [0.1, 0.15) is 23.9 Å². The fourth-order valence-corrected chi connectivity index (χ4v) is 8.94. The molecular formula is C48H46F3N7O7S2. The van der Waals surface area contributed by atoms with Crippen molar-refractivity contribution in [2.24, 2.45) is 0 Å². The molecule has 4 amide bonds. The molecule has 348 valence electrons. The van der Waals surface area contributed by atoms with Crippen molar-refractivity contribution in [2.75, 3.05) is 42.7 Å². The van der Waals surface area contributed by atoms with Gasteiger partial charge >= 0.3 is 6.18 Å². The minimum atomic E-state index is -4.80. The number of likely N-dealkylation sites (tertiary alicyclic amines) is 1. The number of thiocarbonyl (C=S) groups is 1. The summed E-state index contributed by atoms with van der Waals surface area (Å²) < 4.78 is 52.6. The topological polar surface area (TPSA) is 177 Å². The van der Waals surface area contributed by atoms with Crippen LogP contribution in [0.4, 0.5) is 24.5 Å². The van der Waals surface area contributed by atoms with E-state index in [0.29, 0.717) is 30.9 Å². The lowest BCUT2D eigenvalue weighted by atomic mass is 10.0. The van der Waals surface area contributed by atoms with Gasteiger partial charge in [0.2, 0.25) is 17.7 Å². The van der Waals surface area contributed by atoms with Crippen LogP contribution in [0.25, 0.3) is 21.6 Å². The molecule has 7 rings (SSSR count). The molecule has 2 aliphatic heterocycles. The monoisotopic (exact) mass is 953 g/mol. The predicted molar refractivity (Wildman–Crippen MR) is 249 cm³/mol. The van der Waals surface area contributed by atoms with E-state index in [9.17, 15) is 42.7 Å². The number of ether oxygens (including phenoxy) is 2. The first kappa shape index (κ1) is 48.2. The van der Waals surface area contributed by atoms with Crippen LogP contribution < -0.4 is 25.2 Å². The highest BCUT2D eigenvalue weighted by atomic mass is 32.1. The van der Waals surface area contributed by atoms with Crippen LogP contribution in [0.5, 0.6) is 5.75 Å². The summed E-state index contributed by atoms with van der Waals surface area (Å²) in [5, 5.41) is 24.9. The van der Waals surface area contributed by atoms with E-state index >= 15 is 0 Å². The van der Waals surface area contributed by atoms with Crippen LogP contribution in [0.1, 0.15) is 49.8 Å². The molecule has 67 heavy (non-hydrogen) atoms. The number of aliphatic hydroxyl groups excluding tert-OH is 1. The van der Waals surface area contributed by atoms with Crippen LogP contribution >= 0.6 is 23.6 Å². The second-order valence-electron chi connectivity index (χ2n) is 16.3. The Morgan fingerprint density at radius 1 is 0.940 bits per heavy atom. The third-order valence-electron chi connectivity index (χ3n) is 11.3. The average Bonchev–Trinajstić information content (AvgIpc) is 4.04. The summed E-state index contributed by atoms with van der Waals surface area (Å²) in [6, 6.07) is 26.2. The largest absolute Gasteiger partial charge is 0.494 e. The maximum Gasteiger partial charge on any atom is 0.417 e. The zero-order valence-electron chi connectivity index (χ0n) is 36.4. The highest BCUT2D eigenvalue weighted by Crippen LogP contribution is 2.40. The zero-order chi connectivity index (χ0) is 47.9. The lowest BCUT2D eigenvalue weighted by molar-refractivity contribution is -0.139. The van der Waals surface area contributed by atoms with Crippen LogP contribution in [0.15, 0.2) is 103 Å². The molecule has 2 atom stereocenters. The van der Waals surface area contributed by atoms with Crippen molar-refractivity contribution in [3.05, 3.63) is 119 Å². The Morgan fingerprint density at radius 3 is 2.25 bits per heavy atom. The van der Waals surface area contributed by atoms with E-state index in [-0.39, 0.29) is 56.0 Å². The number of benzene rings is 4. The fraction of sp³-hybridized carbons (Fsp3) is 0.312. The molecule has 0 radical (unpaired) electrons. The van der Waals surface area contributed by atoms with Crippen molar-refractivity contribution in [3.63, 3.8) is 0 Å². The van der Waals surface area contributed by atoms with Crippen molar-refractivity contribution >= 4 is 63.7 Å². The number of hydrogen-bond acceptors (Lipinski definition) is 11. The Morgan fingerprint density at radius 2 is 1.60 bits per heavy atom. The molecule has 0 saturated carbocycles. The summed E-state index contributed by atoms with van der Waals surface area (Å²) in [6.45, 7) is 3.60. The second-order valence-corrected chi connectivity index (χ2v) is 17.6. The number of alkyl halides is 3. The van der Waals surface area contributed by atoms with E-state index < -0.39 is 52.7 Å². The Bertz CT molecular complexity index is 2640. The van der Waals surface area contributed by atoms with E-state index in [4.69, 9.17) is 21.7 Å². The van der Waals surface area contributed by atoms with E-state index in [1.165, 1.54) is 22.3 Å². The minimum absolute atomic E-state index is 0.00364. The molecule has 5 aromatic rings. The molecule has 19 heteroatoms. The number of nitrogens with one attached hydrogen (secondary N) is 2. The number of nitriles is 1. The Labute approximate surface area is 393 Å². The van der Waals surface area contributed by atoms with E-state index in [0.717, 1.165) is 44.2 Å². The van der Waals surface area contributed by atoms with Gasteiger partial charge in [0, 0.05) is 38.0 Å². The van der Waals surface area contributed by atoms with Crippen molar-refractivity contribution in [1.82, 2.24) is 20.5 Å². The van der Waals surface area contributed by atoms with Gasteiger partial charge in [0.05, 0.1) is 52.5 Å². The van der Waals surface area contributed by atoms with Crippen molar-refractivity contribution < 1.29 is 46.9 Å². The smallest absolute Gasteiger partial charge is 0.417 e. The van der Waals surface area contributed by atoms with Gasteiger partial charge < -0.3 is 35.0 Å². The minimum Gasteiger partial charge on any atom is -0.494 e. The van der Waals surface area contributed by atoms with Crippen LogP contribution in [0, 0.1) is 11.3 Å². The number of halogens is 3. The summed E-state index contributed by atoms with van der Waals surface area (Å²) >= 11 is 7.19. The number of hydrogen-bond donors (Lipinski definition) is 3. The molecular weight excluding hydrogens is 908 g/mol. The maximum absolute atomic E-state index is 13.7. The van der Waals surface area contributed by atoms with Crippen LogP contribution in [-0.2, 0) is 36.6 Å². The van der Waals surface area contributed by atoms with E-state index in [1.54, 1.807) is 48.7 Å². The lowest BCUT2D eigenvalue weighted by Gasteiger charge is -2.29. The molecule has 0 unspecified atom stereocenters. The number of unbranched alkanes of at least 4 members (excludes halogenated alkanes) is 1. The fourth-order valence-electron chi connectivity index (χ4n) is 7.78. The normalized spacial score (nSPS) is 16.8. The number of β-amino-alcohol motifs (C(OH)–C–C–N with tert-alkyl or cyclic N) is 1. The molecule has 3 N–H and O–H groups in total. The zero-order valence-corrected chi connectivity index (χ0v) is 38.0. The summed E-state index contributed by atoms with van der Waals surface area (Å²) in [7, 11) is 0. The number of carbonyl (C=O) groups is 4. The number of rotatable bonds is 17. The van der Waals surface area contributed by atoms with Crippen molar-refractivity contribution in [3.8, 4) is 33.4 Å². The van der Waals surface area contributed by atoms with Gasteiger partial charge in [-0.25, -0.2) is 0 Å². The first-order chi connectivity index (χ1) is 32.0. The number of anilines is 2. The molecule has 0 bridgehead atoms. The first-order valence-electron chi connectivity index (χ1n) is 21.3. The highest BCUT2D eigenvalue weighted by molar-refractivity contribution is 7.81. The van der Waals surface area contributed by atoms with E-state index in [1.807, 2.05) is 60.7 Å². The average molecular weight is 954 g/mol. The molecule has 2 fully saturated rings. The third-order valence-corrected chi connectivity index (χ3v) is 12.5. The number of amides is 4. The molecule has 1 aromatic heterocycles. The molecule has 2 saturated heterocycles. The Balaban J connectivity index is 0.799. The summed E-state index contributed by atoms with van der Waals surface area (Å²) in [6.07, 6.45) is -2.52. The quantitative estimate of drug-likeness (QED) is 0.0656. The summed E-state index contributed by atoms with van der Waals surface area (Å²) in [5.41, 5.74) is 2.95. The van der Waals surface area contributed by atoms with Crippen molar-refractivity contribution in [1.29, 1.82) is 5.26 Å². The van der Waals surface area contributed by atoms with Gasteiger partial charge in [-0.05, 0) is 104 Å². The number of aromatic nitrogens is 1. The number of thiazole rings is 1. The number of aliphatic hydroxyl groups is 1.